The van der Waals surface area contributed by atoms with Crippen LogP contribution >= 0.6 is 11.8 Å². The standard InChI is InChI=1S/C11H21N5OS/c1-7(2)16(8(3)4)9(17)6-18-11-14-13-10(12)15(11)5/h7-8H,6H2,1-5H3,(H2,12,13). The predicted molar refractivity (Wildman–Crippen MR) is 73.3 cm³/mol. The number of amides is 1. The molecule has 18 heavy (non-hydrogen) atoms. The molecule has 0 aliphatic carbocycles. The second-order valence-corrected chi connectivity index (χ2v) is 5.62. The Morgan fingerprint density at radius 1 is 1.33 bits per heavy atom. The summed E-state index contributed by atoms with van der Waals surface area (Å²) >= 11 is 1.36. The van der Waals surface area contributed by atoms with E-state index < -0.39 is 0 Å². The molecule has 0 radical (unpaired) electrons. The van der Waals surface area contributed by atoms with Crippen molar-refractivity contribution in [1.82, 2.24) is 19.7 Å². The summed E-state index contributed by atoms with van der Waals surface area (Å²) in [5.41, 5.74) is 5.58. The number of nitrogens with zero attached hydrogens (tertiary/aromatic N) is 4. The third kappa shape index (κ3) is 3.38. The number of hydrogen-bond donors (Lipinski definition) is 1. The van der Waals surface area contributed by atoms with Crippen LogP contribution in [0.1, 0.15) is 27.7 Å². The smallest absolute Gasteiger partial charge is 0.233 e. The second-order valence-electron chi connectivity index (χ2n) is 4.68. The molecular weight excluding hydrogens is 250 g/mol. The van der Waals surface area contributed by atoms with Crippen molar-refractivity contribution >= 4 is 23.6 Å². The van der Waals surface area contributed by atoms with E-state index >= 15 is 0 Å². The van der Waals surface area contributed by atoms with Gasteiger partial charge in [0, 0.05) is 19.1 Å². The van der Waals surface area contributed by atoms with Crippen molar-refractivity contribution in [2.24, 2.45) is 7.05 Å². The van der Waals surface area contributed by atoms with Gasteiger partial charge in [-0.3, -0.25) is 9.36 Å². The molecule has 2 N–H and O–H groups in total. The third-order valence-corrected chi connectivity index (χ3v) is 3.60. The van der Waals surface area contributed by atoms with Crippen molar-refractivity contribution in [3.63, 3.8) is 0 Å². The maximum absolute atomic E-state index is 12.1. The fourth-order valence-electron chi connectivity index (χ4n) is 1.82. The number of carbonyl (C=O) groups excluding carboxylic acids is 1. The molecule has 0 fully saturated rings. The Balaban J connectivity index is 2.63. The number of aromatic nitrogens is 3. The summed E-state index contributed by atoms with van der Waals surface area (Å²) in [6.07, 6.45) is 0. The van der Waals surface area contributed by atoms with E-state index in [9.17, 15) is 4.79 Å². The van der Waals surface area contributed by atoms with Gasteiger partial charge in [-0.2, -0.15) is 0 Å². The van der Waals surface area contributed by atoms with Crippen molar-refractivity contribution in [3.05, 3.63) is 0 Å². The van der Waals surface area contributed by atoms with Crippen LogP contribution in [0.3, 0.4) is 0 Å². The van der Waals surface area contributed by atoms with Crippen LogP contribution < -0.4 is 5.73 Å². The number of nitrogen functional groups attached to an aromatic ring is 1. The Bertz CT molecular complexity index is 408. The van der Waals surface area contributed by atoms with Gasteiger partial charge in [0.15, 0.2) is 5.16 Å². The Hall–Kier alpha value is -1.24. The lowest BCUT2D eigenvalue weighted by molar-refractivity contribution is -0.131. The number of carbonyl (C=O) groups is 1. The largest absolute Gasteiger partial charge is 0.368 e. The van der Waals surface area contributed by atoms with Crippen molar-refractivity contribution < 1.29 is 4.79 Å². The maximum Gasteiger partial charge on any atom is 0.233 e. The molecule has 0 spiro atoms. The summed E-state index contributed by atoms with van der Waals surface area (Å²) in [5.74, 6) is 0.809. The van der Waals surface area contributed by atoms with E-state index in [1.54, 1.807) is 11.6 Å². The molecule has 1 heterocycles. The molecule has 0 unspecified atom stereocenters. The van der Waals surface area contributed by atoms with Gasteiger partial charge < -0.3 is 10.6 Å². The Labute approximate surface area is 112 Å². The number of anilines is 1. The second kappa shape index (κ2) is 6.08. The molecule has 0 bridgehead atoms. The molecule has 0 aliphatic rings. The Morgan fingerprint density at radius 3 is 2.28 bits per heavy atom. The summed E-state index contributed by atoms with van der Waals surface area (Å²) in [6.45, 7) is 8.07. The summed E-state index contributed by atoms with van der Waals surface area (Å²) in [4.78, 5) is 14.0. The van der Waals surface area contributed by atoms with Crippen LogP contribution in [0.2, 0.25) is 0 Å². The van der Waals surface area contributed by atoms with E-state index in [0.717, 1.165) is 0 Å². The van der Waals surface area contributed by atoms with E-state index in [2.05, 4.69) is 10.2 Å². The zero-order valence-corrected chi connectivity index (χ0v) is 12.4. The number of thioether (sulfide) groups is 1. The lowest BCUT2D eigenvalue weighted by Crippen LogP contribution is -2.43. The van der Waals surface area contributed by atoms with Crippen LogP contribution in [0.5, 0.6) is 0 Å². The average molecular weight is 271 g/mol. The van der Waals surface area contributed by atoms with Gasteiger partial charge in [0.2, 0.25) is 11.9 Å². The van der Waals surface area contributed by atoms with E-state index in [-0.39, 0.29) is 18.0 Å². The molecule has 6 nitrogen and oxygen atoms in total. The number of nitrogens with two attached hydrogens (primary N) is 1. The van der Waals surface area contributed by atoms with Gasteiger partial charge in [0.25, 0.3) is 0 Å². The number of rotatable bonds is 5. The molecule has 0 atom stereocenters. The van der Waals surface area contributed by atoms with Gasteiger partial charge in [-0.05, 0) is 27.7 Å². The molecule has 0 saturated carbocycles. The van der Waals surface area contributed by atoms with E-state index in [4.69, 9.17) is 5.73 Å². The first-order valence-electron chi connectivity index (χ1n) is 5.93. The fourth-order valence-corrected chi connectivity index (χ4v) is 2.61. The molecule has 1 amide bonds. The monoisotopic (exact) mass is 271 g/mol. The Kier molecular flexibility index (Phi) is 5.01. The van der Waals surface area contributed by atoms with Crippen LogP contribution in [0.4, 0.5) is 5.95 Å². The molecule has 1 aromatic rings. The zero-order chi connectivity index (χ0) is 13.9. The van der Waals surface area contributed by atoms with Gasteiger partial charge in [-0.25, -0.2) is 0 Å². The first-order chi connectivity index (χ1) is 8.34. The van der Waals surface area contributed by atoms with Gasteiger partial charge in [-0.1, -0.05) is 11.8 Å². The predicted octanol–water partition coefficient (Wildman–Crippen LogP) is 1.13. The first-order valence-corrected chi connectivity index (χ1v) is 6.92. The minimum Gasteiger partial charge on any atom is -0.368 e. The first kappa shape index (κ1) is 14.8. The van der Waals surface area contributed by atoms with E-state index in [0.29, 0.717) is 16.9 Å². The van der Waals surface area contributed by atoms with Crippen LogP contribution in [0.15, 0.2) is 5.16 Å². The highest BCUT2D eigenvalue weighted by Crippen LogP contribution is 2.18. The molecule has 1 rings (SSSR count). The maximum atomic E-state index is 12.1. The highest BCUT2D eigenvalue weighted by Gasteiger charge is 2.20. The van der Waals surface area contributed by atoms with Crippen LogP contribution in [-0.2, 0) is 11.8 Å². The van der Waals surface area contributed by atoms with Crippen LogP contribution in [0, 0.1) is 0 Å². The molecule has 7 heteroatoms. The third-order valence-electron chi connectivity index (χ3n) is 2.59. The minimum absolute atomic E-state index is 0.103. The van der Waals surface area contributed by atoms with Gasteiger partial charge in [0.05, 0.1) is 5.75 Å². The van der Waals surface area contributed by atoms with Crippen molar-refractivity contribution in [1.29, 1.82) is 0 Å². The minimum atomic E-state index is 0.103. The van der Waals surface area contributed by atoms with E-state index in [1.165, 1.54) is 11.8 Å². The normalized spacial score (nSPS) is 11.3. The number of hydrogen-bond acceptors (Lipinski definition) is 5. The zero-order valence-electron chi connectivity index (χ0n) is 11.5. The Morgan fingerprint density at radius 2 is 1.89 bits per heavy atom. The van der Waals surface area contributed by atoms with Crippen molar-refractivity contribution in [3.8, 4) is 0 Å². The molecule has 1 aromatic heterocycles. The average Bonchev–Trinajstić information content (AvgIpc) is 2.56. The van der Waals surface area contributed by atoms with Gasteiger partial charge in [-0.15, -0.1) is 10.2 Å². The highest BCUT2D eigenvalue weighted by atomic mass is 32.2. The molecule has 0 aromatic carbocycles. The van der Waals surface area contributed by atoms with Crippen molar-refractivity contribution in [2.75, 3.05) is 11.5 Å². The molecule has 102 valence electrons. The topological polar surface area (TPSA) is 77.0 Å². The summed E-state index contributed by atoms with van der Waals surface area (Å²) in [6, 6.07) is 0.394. The lowest BCUT2D eigenvalue weighted by Gasteiger charge is -2.30. The van der Waals surface area contributed by atoms with Gasteiger partial charge in [0.1, 0.15) is 0 Å². The van der Waals surface area contributed by atoms with E-state index in [1.807, 2.05) is 32.6 Å². The van der Waals surface area contributed by atoms with Crippen molar-refractivity contribution in [2.45, 2.75) is 44.9 Å². The quantitative estimate of drug-likeness (QED) is 0.812. The summed E-state index contributed by atoms with van der Waals surface area (Å²) < 4.78 is 1.67. The molecule has 0 saturated heterocycles. The van der Waals surface area contributed by atoms with Crippen LogP contribution in [-0.4, -0.2) is 43.4 Å². The molecule has 0 aliphatic heterocycles. The summed E-state index contributed by atoms with van der Waals surface area (Å²) in [7, 11) is 1.78. The SMILES string of the molecule is CC(C)N(C(=O)CSc1nnc(N)n1C)C(C)C. The highest BCUT2D eigenvalue weighted by molar-refractivity contribution is 7.99. The van der Waals surface area contributed by atoms with Crippen LogP contribution in [0.25, 0.3) is 0 Å². The fraction of sp³-hybridized carbons (Fsp3) is 0.727. The summed E-state index contributed by atoms with van der Waals surface area (Å²) in [5, 5.41) is 8.33. The van der Waals surface area contributed by atoms with Gasteiger partial charge >= 0.3 is 0 Å². The molecular formula is C11H21N5OS. The lowest BCUT2D eigenvalue weighted by atomic mass is 10.2.